The van der Waals surface area contributed by atoms with E-state index in [1.165, 1.54) is 28.4 Å². The molecular weight excluding hydrogens is 377 g/mol. The molecule has 0 unspecified atom stereocenters. The molecule has 3 aromatic rings. The van der Waals surface area contributed by atoms with Crippen LogP contribution in [0.25, 0.3) is 10.6 Å². The summed E-state index contributed by atoms with van der Waals surface area (Å²) in [4.78, 5) is 14.4. The minimum Gasteiger partial charge on any atom is -0.383 e. The van der Waals surface area contributed by atoms with Crippen molar-refractivity contribution in [3.8, 4) is 10.6 Å². The van der Waals surface area contributed by atoms with E-state index in [4.69, 9.17) is 16.3 Å². The fourth-order valence-corrected chi connectivity index (χ4v) is 3.34. The lowest BCUT2D eigenvalue weighted by molar-refractivity contribution is 0.0975. The number of methoxy groups -OCH3 is 1. The third-order valence-electron chi connectivity index (χ3n) is 3.57. The fraction of sp³-hybridized carbons (Fsp3) is 0.167. The van der Waals surface area contributed by atoms with Crippen molar-refractivity contribution in [3.05, 3.63) is 64.9 Å². The molecule has 8 heteroatoms. The average molecular weight is 392 g/mol. The van der Waals surface area contributed by atoms with Gasteiger partial charge in [-0.1, -0.05) is 29.0 Å². The lowest BCUT2D eigenvalue weighted by Crippen LogP contribution is -2.33. The molecule has 1 aromatic heterocycles. The van der Waals surface area contributed by atoms with Gasteiger partial charge in [-0.05, 0) is 42.5 Å². The van der Waals surface area contributed by atoms with Crippen LogP contribution in [0.5, 0.6) is 0 Å². The molecule has 134 valence electrons. The molecule has 1 heterocycles. The van der Waals surface area contributed by atoms with Crippen LogP contribution >= 0.6 is 22.9 Å². The minimum absolute atomic E-state index is 0.244. The second-order valence-electron chi connectivity index (χ2n) is 5.36. The molecule has 5 nitrogen and oxygen atoms in total. The molecule has 0 saturated carbocycles. The van der Waals surface area contributed by atoms with Crippen molar-refractivity contribution < 1.29 is 13.9 Å². The highest BCUT2D eigenvalue weighted by Gasteiger charge is 2.22. The first kappa shape index (κ1) is 18.4. The number of halogens is 2. The van der Waals surface area contributed by atoms with Crippen molar-refractivity contribution in [1.82, 2.24) is 10.2 Å². The predicted molar refractivity (Wildman–Crippen MR) is 100 cm³/mol. The number of carbonyl (C=O) groups excluding carboxylic acids is 1. The van der Waals surface area contributed by atoms with Gasteiger partial charge in [-0.25, -0.2) is 4.39 Å². The summed E-state index contributed by atoms with van der Waals surface area (Å²) in [6.07, 6.45) is 0. The summed E-state index contributed by atoms with van der Waals surface area (Å²) in [6.45, 7) is 0.664. The molecule has 2 aromatic carbocycles. The minimum atomic E-state index is -0.323. The molecule has 3 rings (SSSR count). The topological polar surface area (TPSA) is 55.3 Å². The third kappa shape index (κ3) is 4.24. The lowest BCUT2D eigenvalue weighted by atomic mass is 10.2. The van der Waals surface area contributed by atoms with Gasteiger partial charge in [0.1, 0.15) is 10.8 Å². The molecule has 0 radical (unpaired) electrons. The summed E-state index contributed by atoms with van der Waals surface area (Å²) >= 11 is 7.24. The normalized spacial score (nSPS) is 10.7. The highest BCUT2D eigenvalue weighted by molar-refractivity contribution is 7.18. The maximum absolute atomic E-state index is 13.1. The Kier molecular flexibility index (Phi) is 5.92. The molecule has 0 N–H and O–H groups in total. The van der Waals surface area contributed by atoms with Gasteiger partial charge in [0, 0.05) is 23.3 Å². The average Bonchev–Trinajstić information content (AvgIpc) is 3.12. The van der Waals surface area contributed by atoms with Crippen LogP contribution in [0.3, 0.4) is 0 Å². The zero-order valence-electron chi connectivity index (χ0n) is 13.9. The Morgan fingerprint density at radius 1 is 1.23 bits per heavy atom. The molecule has 0 aliphatic carbocycles. The first-order valence-corrected chi connectivity index (χ1v) is 8.94. The van der Waals surface area contributed by atoms with E-state index >= 15 is 0 Å². The van der Waals surface area contributed by atoms with Gasteiger partial charge < -0.3 is 4.74 Å². The molecule has 0 bridgehead atoms. The van der Waals surface area contributed by atoms with E-state index < -0.39 is 0 Å². The Labute approximate surface area is 159 Å². The Bertz CT molecular complexity index is 901. The van der Waals surface area contributed by atoms with Gasteiger partial charge in [0.15, 0.2) is 0 Å². The maximum Gasteiger partial charge on any atom is 0.260 e. The van der Waals surface area contributed by atoms with Crippen LogP contribution in [0.1, 0.15) is 10.4 Å². The largest absolute Gasteiger partial charge is 0.383 e. The summed E-state index contributed by atoms with van der Waals surface area (Å²) in [5.41, 5.74) is 1.18. The van der Waals surface area contributed by atoms with Gasteiger partial charge in [0.05, 0.1) is 13.2 Å². The van der Waals surface area contributed by atoms with E-state index in [1.807, 2.05) is 0 Å². The molecule has 0 atom stereocenters. The third-order valence-corrected chi connectivity index (χ3v) is 4.80. The Morgan fingerprint density at radius 2 is 2.00 bits per heavy atom. The molecule has 1 amide bonds. The number of hydrogen-bond donors (Lipinski definition) is 0. The van der Waals surface area contributed by atoms with Crippen molar-refractivity contribution in [2.24, 2.45) is 0 Å². The Balaban J connectivity index is 1.90. The van der Waals surface area contributed by atoms with Gasteiger partial charge in [-0.2, -0.15) is 0 Å². The molecule has 0 aliphatic rings. The molecule has 0 aliphatic heterocycles. The Morgan fingerprint density at radius 3 is 2.69 bits per heavy atom. The zero-order chi connectivity index (χ0) is 18.5. The second kappa shape index (κ2) is 8.35. The number of amides is 1. The molecule has 0 fully saturated rings. The standard InChI is InChI=1S/C18H15ClFN3O2S/c1-25-10-9-23(17(24)13-3-2-4-14(19)11-13)18-22-21-16(26-18)12-5-7-15(20)8-6-12/h2-8,11H,9-10H2,1H3. The van der Waals surface area contributed by atoms with E-state index in [-0.39, 0.29) is 11.7 Å². The number of carbonyl (C=O) groups is 1. The quantitative estimate of drug-likeness (QED) is 0.629. The number of benzene rings is 2. The SMILES string of the molecule is COCCN(C(=O)c1cccc(Cl)c1)c1nnc(-c2ccc(F)cc2)s1. The van der Waals surface area contributed by atoms with Crippen LogP contribution < -0.4 is 4.90 Å². The van der Waals surface area contributed by atoms with E-state index in [0.29, 0.717) is 33.9 Å². The first-order chi connectivity index (χ1) is 12.6. The van der Waals surface area contributed by atoms with Gasteiger partial charge in [-0.15, -0.1) is 10.2 Å². The summed E-state index contributed by atoms with van der Waals surface area (Å²) in [5, 5.41) is 9.77. The van der Waals surface area contributed by atoms with Crippen molar-refractivity contribution in [2.45, 2.75) is 0 Å². The summed E-state index contributed by atoms with van der Waals surface area (Å²) in [5.74, 6) is -0.567. The monoisotopic (exact) mass is 391 g/mol. The number of hydrogen-bond acceptors (Lipinski definition) is 5. The fourth-order valence-electron chi connectivity index (χ4n) is 2.28. The second-order valence-corrected chi connectivity index (χ2v) is 6.75. The van der Waals surface area contributed by atoms with Crippen LogP contribution in [-0.2, 0) is 4.74 Å². The van der Waals surface area contributed by atoms with Gasteiger partial charge in [-0.3, -0.25) is 9.69 Å². The molecule has 0 saturated heterocycles. The summed E-state index contributed by atoms with van der Waals surface area (Å²) in [7, 11) is 1.56. The lowest BCUT2D eigenvalue weighted by Gasteiger charge is -2.19. The maximum atomic E-state index is 13.1. The van der Waals surface area contributed by atoms with Crippen LogP contribution in [0.15, 0.2) is 48.5 Å². The van der Waals surface area contributed by atoms with Crippen molar-refractivity contribution in [1.29, 1.82) is 0 Å². The smallest absolute Gasteiger partial charge is 0.260 e. The molecule has 0 spiro atoms. The zero-order valence-corrected chi connectivity index (χ0v) is 15.4. The first-order valence-electron chi connectivity index (χ1n) is 7.74. The number of rotatable bonds is 6. The van der Waals surface area contributed by atoms with E-state index in [2.05, 4.69) is 10.2 Å². The van der Waals surface area contributed by atoms with Gasteiger partial charge >= 0.3 is 0 Å². The Hall–Kier alpha value is -2.35. The van der Waals surface area contributed by atoms with Crippen LogP contribution in [0.4, 0.5) is 9.52 Å². The highest BCUT2D eigenvalue weighted by atomic mass is 35.5. The van der Waals surface area contributed by atoms with Crippen LogP contribution in [0, 0.1) is 5.82 Å². The van der Waals surface area contributed by atoms with Crippen molar-refractivity contribution in [2.75, 3.05) is 25.2 Å². The number of anilines is 1. The number of aromatic nitrogens is 2. The molecule has 26 heavy (non-hydrogen) atoms. The number of ether oxygens (including phenoxy) is 1. The van der Waals surface area contributed by atoms with Gasteiger partial charge in [0.2, 0.25) is 5.13 Å². The summed E-state index contributed by atoms with van der Waals surface area (Å²) < 4.78 is 18.2. The van der Waals surface area contributed by atoms with E-state index in [0.717, 1.165) is 5.56 Å². The number of nitrogens with zero attached hydrogens (tertiary/aromatic N) is 3. The van der Waals surface area contributed by atoms with Gasteiger partial charge in [0.25, 0.3) is 5.91 Å². The van der Waals surface area contributed by atoms with Crippen molar-refractivity contribution >= 4 is 34.0 Å². The van der Waals surface area contributed by atoms with Crippen LogP contribution in [0.2, 0.25) is 5.02 Å². The van der Waals surface area contributed by atoms with Crippen molar-refractivity contribution in [3.63, 3.8) is 0 Å². The highest BCUT2D eigenvalue weighted by Crippen LogP contribution is 2.29. The predicted octanol–water partition coefficient (Wildman–Crippen LogP) is 4.29. The summed E-state index contributed by atoms with van der Waals surface area (Å²) in [6, 6.07) is 12.7. The molecular formula is C18H15ClFN3O2S. The van der Waals surface area contributed by atoms with E-state index in [9.17, 15) is 9.18 Å². The van der Waals surface area contributed by atoms with E-state index in [1.54, 1.807) is 43.5 Å². The van der Waals surface area contributed by atoms with Crippen LogP contribution in [-0.4, -0.2) is 36.4 Å².